The van der Waals surface area contributed by atoms with Gasteiger partial charge in [0.25, 0.3) is 5.91 Å². The van der Waals surface area contributed by atoms with Crippen LogP contribution in [0.25, 0.3) is 22.0 Å². The van der Waals surface area contributed by atoms with Gasteiger partial charge in [-0.2, -0.15) is 0 Å². The molecule has 2 aromatic heterocycles. The summed E-state index contributed by atoms with van der Waals surface area (Å²) in [5, 5.41) is 14.0. The number of carbonyl (C=O) groups excluding carboxylic acids is 1. The van der Waals surface area contributed by atoms with Gasteiger partial charge in [-0.1, -0.05) is 35.5 Å². The minimum absolute atomic E-state index is 0.0204. The first kappa shape index (κ1) is 21.3. The molecule has 1 amide bonds. The minimum atomic E-state index is -0.0204. The van der Waals surface area contributed by atoms with Gasteiger partial charge in [0, 0.05) is 35.5 Å². The van der Waals surface area contributed by atoms with E-state index in [2.05, 4.69) is 38.6 Å². The maximum atomic E-state index is 12.9. The summed E-state index contributed by atoms with van der Waals surface area (Å²) in [7, 11) is 2.15. The first-order chi connectivity index (χ1) is 16.2. The Morgan fingerprint density at radius 1 is 1.09 bits per heavy atom. The second-order valence-electron chi connectivity index (χ2n) is 8.85. The van der Waals surface area contributed by atoms with E-state index >= 15 is 0 Å². The van der Waals surface area contributed by atoms with Gasteiger partial charge in [0.1, 0.15) is 5.69 Å². The van der Waals surface area contributed by atoms with Crippen LogP contribution in [0.1, 0.15) is 28.8 Å². The summed E-state index contributed by atoms with van der Waals surface area (Å²) >= 11 is 0. The maximum Gasteiger partial charge on any atom is 0.251 e. The van der Waals surface area contributed by atoms with Gasteiger partial charge >= 0.3 is 0 Å². The largest absolute Gasteiger partial charge is 0.352 e. The van der Waals surface area contributed by atoms with Crippen LogP contribution in [-0.2, 0) is 6.54 Å². The summed E-state index contributed by atoms with van der Waals surface area (Å²) in [4.78, 5) is 19.4. The quantitative estimate of drug-likeness (QED) is 0.496. The summed E-state index contributed by atoms with van der Waals surface area (Å²) in [6.45, 7) is 3.41. The van der Waals surface area contributed by atoms with E-state index < -0.39 is 0 Å². The van der Waals surface area contributed by atoms with Gasteiger partial charge < -0.3 is 10.2 Å². The third kappa shape index (κ3) is 4.93. The molecule has 1 aliphatic rings. The Kier molecular flexibility index (Phi) is 6.13. The van der Waals surface area contributed by atoms with Crippen molar-refractivity contribution < 1.29 is 4.79 Å². The highest BCUT2D eigenvalue weighted by atomic mass is 16.1. The zero-order chi connectivity index (χ0) is 22.6. The number of hydrogen-bond acceptors (Lipinski definition) is 5. The van der Waals surface area contributed by atoms with Crippen molar-refractivity contribution in [3.05, 3.63) is 78.2 Å². The summed E-state index contributed by atoms with van der Waals surface area (Å²) in [5.74, 6) is 0.529. The summed E-state index contributed by atoms with van der Waals surface area (Å²) in [5.41, 5.74) is 3.43. The highest BCUT2D eigenvalue weighted by molar-refractivity contribution is 5.95. The van der Waals surface area contributed by atoms with E-state index in [4.69, 9.17) is 0 Å². The van der Waals surface area contributed by atoms with E-state index in [1.807, 2.05) is 54.9 Å². The van der Waals surface area contributed by atoms with Crippen LogP contribution in [0, 0.1) is 5.92 Å². The molecule has 0 spiro atoms. The molecule has 7 heteroatoms. The maximum absolute atomic E-state index is 12.9. The Morgan fingerprint density at radius 3 is 2.82 bits per heavy atom. The molecule has 33 heavy (non-hydrogen) atoms. The number of benzene rings is 2. The smallest absolute Gasteiger partial charge is 0.251 e. The predicted molar refractivity (Wildman–Crippen MR) is 129 cm³/mol. The standard InChI is InChI=1S/C26H28N6O/c1-31-12-9-19(10-13-31)15-28-26(33)24-5-3-2-4-23(24)17-32-18-25(29-30-32)21-6-7-22-16-27-11-8-20(22)14-21/h2-8,11,14,16,18-19H,9-10,12-13,15,17H2,1H3,(H,28,33). The van der Waals surface area contributed by atoms with Crippen LogP contribution in [-0.4, -0.2) is 57.5 Å². The van der Waals surface area contributed by atoms with Crippen LogP contribution < -0.4 is 5.32 Å². The van der Waals surface area contributed by atoms with E-state index in [1.165, 1.54) is 0 Å². The first-order valence-corrected chi connectivity index (χ1v) is 11.4. The van der Waals surface area contributed by atoms with Crippen LogP contribution >= 0.6 is 0 Å². The van der Waals surface area contributed by atoms with Crippen molar-refractivity contribution in [3.63, 3.8) is 0 Å². The Hall–Kier alpha value is -3.58. The number of likely N-dealkylation sites (tertiary alicyclic amines) is 1. The molecule has 2 aromatic carbocycles. The lowest BCUT2D eigenvalue weighted by atomic mass is 9.97. The van der Waals surface area contributed by atoms with E-state index in [0.717, 1.165) is 60.1 Å². The monoisotopic (exact) mass is 440 g/mol. The fourth-order valence-electron chi connectivity index (χ4n) is 4.40. The molecular formula is C26H28N6O. The lowest BCUT2D eigenvalue weighted by molar-refractivity contribution is 0.0938. The van der Waals surface area contributed by atoms with Crippen molar-refractivity contribution in [2.24, 2.45) is 5.92 Å². The van der Waals surface area contributed by atoms with Crippen molar-refractivity contribution >= 4 is 16.7 Å². The molecule has 7 nitrogen and oxygen atoms in total. The fourth-order valence-corrected chi connectivity index (χ4v) is 4.40. The molecule has 0 saturated carbocycles. The number of pyridine rings is 1. The average Bonchev–Trinajstić information content (AvgIpc) is 3.32. The van der Waals surface area contributed by atoms with Crippen LogP contribution in [0.4, 0.5) is 0 Å². The van der Waals surface area contributed by atoms with Crippen LogP contribution in [0.3, 0.4) is 0 Å². The number of rotatable bonds is 6. The van der Waals surface area contributed by atoms with E-state index in [-0.39, 0.29) is 5.91 Å². The average molecular weight is 441 g/mol. The number of piperidine rings is 1. The van der Waals surface area contributed by atoms with Gasteiger partial charge in [-0.25, -0.2) is 4.68 Å². The van der Waals surface area contributed by atoms with E-state index in [1.54, 1.807) is 10.9 Å². The Morgan fingerprint density at radius 2 is 1.94 bits per heavy atom. The summed E-state index contributed by atoms with van der Waals surface area (Å²) in [6, 6.07) is 15.9. The SMILES string of the molecule is CN1CCC(CNC(=O)c2ccccc2Cn2cc(-c3ccc4cnccc4c3)nn2)CC1. The summed E-state index contributed by atoms with van der Waals surface area (Å²) < 4.78 is 1.79. The lowest BCUT2D eigenvalue weighted by Crippen LogP contribution is -2.37. The Balaban J connectivity index is 1.28. The number of fused-ring (bicyclic) bond motifs is 1. The molecule has 0 unspecified atom stereocenters. The number of nitrogens with zero attached hydrogens (tertiary/aromatic N) is 5. The van der Waals surface area contributed by atoms with Gasteiger partial charge in [-0.3, -0.25) is 9.78 Å². The van der Waals surface area contributed by atoms with Gasteiger partial charge in [0.2, 0.25) is 0 Å². The number of carbonyl (C=O) groups is 1. The molecule has 168 valence electrons. The van der Waals surface area contributed by atoms with Gasteiger partial charge in [0.05, 0.1) is 12.7 Å². The van der Waals surface area contributed by atoms with Gasteiger partial charge in [-0.05, 0) is 68.0 Å². The number of nitrogens with one attached hydrogen (secondary N) is 1. The second-order valence-corrected chi connectivity index (χ2v) is 8.85. The number of aromatic nitrogens is 4. The molecule has 4 aromatic rings. The van der Waals surface area contributed by atoms with E-state index in [0.29, 0.717) is 18.0 Å². The Bertz CT molecular complexity index is 1260. The van der Waals surface area contributed by atoms with Crippen molar-refractivity contribution in [2.45, 2.75) is 19.4 Å². The van der Waals surface area contributed by atoms with E-state index in [9.17, 15) is 4.79 Å². The fraction of sp³-hybridized carbons (Fsp3) is 0.308. The van der Waals surface area contributed by atoms with Crippen LogP contribution in [0.2, 0.25) is 0 Å². The van der Waals surface area contributed by atoms with Crippen LogP contribution in [0.5, 0.6) is 0 Å². The molecule has 3 heterocycles. The predicted octanol–water partition coefficient (Wildman–Crippen LogP) is 3.61. The molecule has 1 aliphatic heterocycles. The van der Waals surface area contributed by atoms with Gasteiger partial charge in [-0.15, -0.1) is 5.10 Å². The number of amides is 1. The minimum Gasteiger partial charge on any atom is -0.352 e. The van der Waals surface area contributed by atoms with Crippen molar-refractivity contribution in [1.82, 2.24) is 30.2 Å². The summed E-state index contributed by atoms with van der Waals surface area (Å²) in [6.07, 6.45) is 7.83. The molecule has 0 aliphatic carbocycles. The molecule has 1 saturated heterocycles. The first-order valence-electron chi connectivity index (χ1n) is 11.4. The topological polar surface area (TPSA) is 75.9 Å². The van der Waals surface area contributed by atoms with Crippen molar-refractivity contribution in [3.8, 4) is 11.3 Å². The van der Waals surface area contributed by atoms with Crippen molar-refractivity contribution in [1.29, 1.82) is 0 Å². The van der Waals surface area contributed by atoms with Crippen LogP contribution in [0.15, 0.2) is 67.1 Å². The molecule has 0 bridgehead atoms. The zero-order valence-corrected chi connectivity index (χ0v) is 18.8. The lowest BCUT2D eigenvalue weighted by Gasteiger charge is -2.29. The molecule has 0 radical (unpaired) electrons. The normalized spacial score (nSPS) is 15.1. The molecule has 1 N–H and O–H groups in total. The molecule has 1 fully saturated rings. The third-order valence-electron chi connectivity index (χ3n) is 6.46. The zero-order valence-electron chi connectivity index (χ0n) is 18.8. The van der Waals surface area contributed by atoms with Crippen molar-refractivity contribution in [2.75, 3.05) is 26.7 Å². The number of hydrogen-bond donors (Lipinski definition) is 1. The second kappa shape index (κ2) is 9.50. The Labute approximate surface area is 193 Å². The highest BCUT2D eigenvalue weighted by Gasteiger charge is 2.18. The molecular weight excluding hydrogens is 412 g/mol. The highest BCUT2D eigenvalue weighted by Crippen LogP contribution is 2.22. The molecule has 5 rings (SSSR count). The third-order valence-corrected chi connectivity index (χ3v) is 6.46. The molecule has 0 atom stereocenters. The van der Waals surface area contributed by atoms with Gasteiger partial charge in [0.15, 0.2) is 0 Å².